The maximum Gasteiger partial charge on any atom is 0.335 e. The van der Waals surface area contributed by atoms with E-state index in [-0.39, 0.29) is 17.8 Å². The number of carbonyl (C=O) groups is 2. The van der Waals surface area contributed by atoms with Gasteiger partial charge in [-0.05, 0) is 13.8 Å². The largest absolute Gasteiger partial charge is 0.456 e. The highest BCUT2D eigenvalue weighted by Gasteiger charge is 2.16. The van der Waals surface area contributed by atoms with Crippen molar-refractivity contribution in [2.75, 3.05) is 6.61 Å². The van der Waals surface area contributed by atoms with Gasteiger partial charge in [0, 0.05) is 11.1 Å². The zero-order valence-electron chi connectivity index (χ0n) is 9.69. The van der Waals surface area contributed by atoms with Crippen LogP contribution in [-0.4, -0.2) is 30.9 Å². The normalized spacial score (nSPS) is 10.7. The molecule has 6 heteroatoms. The fraction of sp³-hybridized carbons (Fsp3) is 0.364. The van der Waals surface area contributed by atoms with Crippen LogP contribution in [0.4, 0.5) is 0 Å². The van der Waals surface area contributed by atoms with E-state index < -0.39 is 18.2 Å². The van der Waals surface area contributed by atoms with Crippen molar-refractivity contribution in [3.63, 3.8) is 0 Å². The van der Waals surface area contributed by atoms with Crippen molar-refractivity contribution in [2.45, 2.75) is 20.1 Å². The van der Waals surface area contributed by atoms with Gasteiger partial charge in [0.1, 0.15) is 0 Å². The number of esters is 2. The molecule has 17 heavy (non-hydrogen) atoms. The second-order valence-electron chi connectivity index (χ2n) is 3.24. The molecule has 0 heterocycles. The summed E-state index contributed by atoms with van der Waals surface area (Å²) < 4.78 is 9.39. The lowest BCUT2D eigenvalue weighted by Gasteiger charge is -2.12. The first-order valence-corrected chi connectivity index (χ1v) is 4.64. The molecule has 0 spiro atoms. The third-order valence-electron chi connectivity index (χ3n) is 1.49. The van der Waals surface area contributed by atoms with Crippen molar-refractivity contribution in [2.24, 2.45) is 4.99 Å². The van der Waals surface area contributed by atoms with E-state index in [0.717, 1.165) is 0 Å². The van der Waals surface area contributed by atoms with E-state index in [9.17, 15) is 14.4 Å². The van der Waals surface area contributed by atoms with Gasteiger partial charge in [0.15, 0.2) is 6.61 Å². The molecular weight excluding hydrogens is 226 g/mol. The molecule has 92 valence electrons. The van der Waals surface area contributed by atoms with Crippen LogP contribution in [0, 0.1) is 0 Å². The molecular formula is C11H13NO5. The van der Waals surface area contributed by atoms with Crippen molar-refractivity contribution >= 4 is 18.0 Å². The Morgan fingerprint density at radius 2 is 1.76 bits per heavy atom. The van der Waals surface area contributed by atoms with E-state index >= 15 is 0 Å². The van der Waals surface area contributed by atoms with Gasteiger partial charge >= 0.3 is 11.9 Å². The first-order chi connectivity index (χ1) is 7.88. The van der Waals surface area contributed by atoms with Crippen LogP contribution in [0.15, 0.2) is 29.3 Å². The molecule has 0 saturated carbocycles. The number of isocyanates is 1. The van der Waals surface area contributed by atoms with E-state index in [1.54, 1.807) is 0 Å². The van der Waals surface area contributed by atoms with Crippen molar-refractivity contribution < 1.29 is 23.9 Å². The van der Waals surface area contributed by atoms with Gasteiger partial charge in [0.05, 0.1) is 0 Å². The van der Waals surface area contributed by atoms with Crippen LogP contribution in [0.25, 0.3) is 0 Å². The lowest BCUT2D eigenvalue weighted by molar-refractivity contribution is -0.153. The Morgan fingerprint density at radius 3 is 2.18 bits per heavy atom. The van der Waals surface area contributed by atoms with Gasteiger partial charge in [-0.15, -0.1) is 0 Å². The maximum absolute atomic E-state index is 11.1. The predicted octanol–water partition coefficient (Wildman–Crippen LogP) is 0.887. The van der Waals surface area contributed by atoms with Gasteiger partial charge in [0.25, 0.3) is 0 Å². The SMILES string of the molecule is C=C(C)C(=O)OCC(N=C=O)OC(=O)C(=C)C. The van der Waals surface area contributed by atoms with Crippen molar-refractivity contribution in [3.05, 3.63) is 24.3 Å². The predicted molar refractivity (Wildman–Crippen MR) is 58.6 cm³/mol. The molecule has 1 unspecified atom stereocenters. The molecule has 0 aromatic heterocycles. The second kappa shape index (κ2) is 7.14. The average molecular weight is 239 g/mol. The highest BCUT2D eigenvalue weighted by Crippen LogP contribution is 2.02. The summed E-state index contributed by atoms with van der Waals surface area (Å²) in [4.78, 5) is 35.5. The molecule has 0 aromatic carbocycles. The summed E-state index contributed by atoms with van der Waals surface area (Å²) in [6, 6.07) is 0. The summed E-state index contributed by atoms with van der Waals surface area (Å²) in [5.41, 5.74) is 0.326. The van der Waals surface area contributed by atoms with E-state index in [4.69, 9.17) is 4.74 Å². The Morgan fingerprint density at radius 1 is 1.24 bits per heavy atom. The van der Waals surface area contributed by atoms with Gasteiger partial charge in [-0.2, -0.15) is 4.99 Å². The molecule has 1 atom stereocenters. The van der Waals surface area contributed by atoms with Crippen molar-refractivity contribution in [1.82, 2.24) is 0 Å². The summed E-state index contributed by atoms with van der Waals surface area (Å²) in [7, 11) is 0. The van der Waals surface area contributed by atoms with Gasteiger partial charge < -0.3 is 9.47 Å². The topological polar surface area (TPSA) is 82.0 Å². The molecule has 0 aliphatic rings. The summed E-state index contributed by atoms with van der Waals surface area (Å²) in [5.74, 6) is -1.40. The maximum atomic E-state index is 11.1. The quantitative estimate of drug-likeness (QED) is 0.297. The number of carbonyl (C=O) groups excluding carboxylic acids is 3. The third-order valence-corrected chi connectivity index (χ3v) is 1.49. The van der Waals surface area contributed by atoms with Crippen LogP contribution in [0.1, 0.15) is 13.8 Å². The van der Waals surface area contributed by atoms with Gasteiger partial charge in [-0.3, -0.25) is 0 Å². The van der Waals surface area contributed by atoms with Crippen LogP contribution >= 0.6 is 0 Å². The van der Waals surface area contributed by atoms with Crippen molar-refractivity contribution in [3.8, 4) is 0 Å². The Labute approximate surface area is 98.6 Å². The summed E-state index contributed by atoms with van der Waals surface area (Å²) >= 11 is 0. The summed E-state index contributed by atoms with van der Waals surface area (Å²) in [6.07, 6.45) is -0.00279. The molecule has 0 fully saturated rings. The van der Waals surface area contributed by atoms with Crippen LogP contribution in [-0.2, 0) is 23.9 Å². The van der Waals surface area contributed by atoms with Gasteiger partial charge in [-0.25, -0.2) is 14.4 Å². The van der Waals surface area contributed by atoms with Gasteiger partial charge in [-0.1, -0.05) is 13.2 Å². The highest BCUT2D eigenvalue weighted by molar-refractivity contribution is 5.87. The standard InChI is InChI=1S/C11H13NO5/c1-7(2)10(14)16-5-9(12-6-13)17-11(15)8(3)4/h9H,1,3,5H2,2,4H3. The van der Waals surface area contributed by atoms with Gasteiger partial charge in [0.2, 0.25) is 12.3 Å². The Kier molecular flexibility index (Phi) is 6.21. The smallest absolute Gasteiger partial charge is 0.335 e. The molecule has 0 aliphatic carbocycles. The zero-order chi connectivity index (χ0) is 13.4. The van der Waals surface area contributed by atoms with Crippen LogP contribution < -0.4 is 0 Å². The summed E-state index contributed by atoms with van der Waals surface area (Å²) in [5, 5.41) is 0. The number of aliphatic imine (C=N–C) groups is 1. The van der Waals surface area contributed by atoms with Crippen LogP contribution in [0.2, 0.25) is 0 Å². The lowest BCUT2D eigenvalue weighted by Crippen LogP contribution is -2.24. The molecule has 6 nitrogen and oxygen atoms in total. The third kappa shape index (κ3) is 6.06. The van der Waals surface area contributed by atoms with Crippen molar-refractivity contribution in [1.29, 1.82) is 0 Å². The monoisotopic (exact) mass is 239 g/mol. The molecule has 0 rings (SSSR count). The first-order valence-electron chi connectivity index (χ1n) is 4.64. The number of ether oxygens (including phenoxy) is 2. The van der Waals surface area contributed by atoms with E-state index in [1.807, 2.05) is 0 Å². The Hall–Kier alpha value is -2.20. The second-order valence-corrected chi connectivity index (χ2v) is 3.24. The highest BCUT2D eigenvalue weighted by atomic mass is 16.6. The number of hydrogen-bond donors (Lipinski definition) is 0. The minimum absolute atomic E-state index is 0.141. The molecule has 0 radical (unpaired) electrons. The molecule has 0 aromatic rings. The van der Waals surface area contributed by atoms with E-state index in [2.05, 4.69) is 22.9 Å². The Balaban J connectivity index is 4.40. The minimum atomic E-state index is -1.22. The van der Waals surface area contributed by atoms with Crippen LogP contribution in [0.3, 0.4) is 0 Å². The summed E-state index contributed by atoms with van der Waals surface area (Å²) in [6.45, 7) is 9.24. The fourth-order valence-electron chi connectivity index (χ4n) is 0.651. The molecule has 0 amide bonds. The van der Waals surface area contributed by atoms with Crippen LogP contribution in [0.5, 0.6) is 0 Å². The zero-order valence-corrected chi connectivity index (χ0v) is 9.69. The molecule has 0 saturated heterocycles. The van der Waals surface area contributed by atoms with E-state index in [1.165, 1.54) is 19.9 Å². The minimum Gasteiger partial charge on any atom is -0.456 e. The molecule has 0 N–H and O–H groups in total. The lowest BCUT2D eigenvalue weighted by atomic mass is 10.3. The molecule has 0 aliphatic heterocycles. The number of rotatable bonds is 6. The fourth-order valence-corrected chi connectivity index (χ4v) is 0.651. The molecule has 0 bridgehead atoms. The van der Waals surface area contributed by atoms with E-state index in [0.29, 0.717) is 0 Å². The first kappa shape index (κ1) is 14.8. The average Bonchev–Trinajstić information content (AvgIpc) is 2.25. The number of nitrogens with zero attached hydrogens (tertiary/aromatic N) is 1. The number of hydrogen-bond acceptors (Lipinski definition) is 6. The Bertz CT molecular complexity index is 393.